The van der Waals surface area contributed by atoms with Crippen LogP contribution in [0, 0.1) is 5.92 Å². The van der Waals surface area contributed by atoms with Crippen LogP contribution in [0.2, 0.25) is 0 Å². The van der Waals surface area contributed by atoms with Gasteiger partial charge in [-0.1, -0.05) is 13.0 Å². The Hall–Kier alpha value is -3.22. The van der Waals surface area contributed by atoms with Crippen molar-refractivity contribution < 1.29 is 14.4 Å². The van der Waals surface area contributed by atoms with Gasteiger partial charge in [0.2, 0.25) is 17.7 Å². The van der Waals surface area contributed by atoms with Crippen LogP contribution in [0.1, 0.15) is 30.9 Å². The molecule has 3 amide bonds. The summed E-state index contributed by atoms with van der Waals surface area (Å²) in [5.41, 5.74) is 3.72. The summed E-state index contributed by atoms with van der Waals surface area (Å²) < 4.78 is 0. The molecule has 2 aliphatic rings. The van der Waals surface area contributed by atoms with Gasteiger partial charge in [-0.05, 0) is 41.8 Å². The van der Waals surface area contributed by atoms with E-state index in [4.69, 9.17) is 0 Å². The van der Waals surface area contributed by atoms with Crippen LogP contribution >= 0.6 is 0 Å². The molecule has 1 fully saturated rings. The standard InChI is InChI=1S/C22H24N4O3/c1-2-20(27)25-9-7-16-10-18(5-6-19(16)25)26-14-17(11-21(26)28)22(29)24-13-15-4-3-8-23-12-15/h3-6,8,10,12,17H,2,7,9,11,13-14H2,1H3,(H,24,29). The van der Waals surface area contributed by atoms with Crippen LogP contribution in [-0.4, -0.2) is 35.8 Å². The van der Waals surface area contributed by atoms with Crippen molar-refractivity contribution in [1.29, 1.82) is 0 Å². The molecule has 29 heavy (non-hydrogen) atoms. The van der Waals surface area contributed by atoms with E-state index in [1.807, 2.05) is 37.3 Å². The van der Waals surface area contributed by atoms with E-state index < -0.39 is 0 Å². The maximum absolute atomic E-state index is 12.6. The molecule has 7 heteroatoms. The zero-order valence-electron chi connectivity index (χ0n) is 16.4. The molecule has 2 aliphatic heterocycles. The second-order valence-corrected chi connectivity index (χ2v) is 7.45. The maximum Gasteiger partial charge on any atom is 0.227 e. The van der Waals surface area contributed by atoms with Gasteiger partial charge in [-0.15, -0.1) is 0 Å². The first kappa shape index (κ1) is 19.1. The number of carbonyl (C=O) groups is 3. The van der Waals surface area contributed by atoms with Crippen LogP contribution in [0.3, 0.4) is 0 Å². The molecule has 1 atom stereocenters. The monoisotopic (exact) mass is 392 g/mol. The Morgan fingerprint density at radius 1 is 1.28 bits per heavy atom. The molecule has 1 saturated heterocycles. The minimum absolute atomic E-state index is 0.0500. The molecule has 1 aromatic heterocycles. The van der Waals surface area contributed by atoms with E-state index in [0.717, 1.165) is 28.9 Å². The molecule has 3 heterocycles. The van der Waals surface area contributed by atoms with Gasteiger partial charge in [0.25, 0.3) is 0 Å². The highest BCUT2D eigenvalue weighted by Gasteiger charge is 2.35. The second-order valence-electron chi connectivity index (χ2n) is 7.45. The number of carbonyl (C=O) groups excluding carboxylic acids is 3. The number of nitrogens with zero attached hydrogens (tertiary/aromatic N) is 3. The van der Waals surface area contributed by atoms with Gasteiger partial charge in [0.05, 0.1) is 5.92 Å². The Morgan fingerprint density at radius 2 is 2.14 bits per heavy atom. The molecule has 4 rings (SSSR count). The van der Waals surface area contributed by atoms with Crippen molar-refractivity contribution in [2.45, 2.75) is 32.7 Å². The van der Waals surface area contributed by atoms with E-state index >= 15 is 0 Å². The van der Waals surface area contributed by atoms with Gasteiger partial charge in [0, 0.05) is 56.2 Å². The Labute approximate surface area is 169 Å². The zero-order chi connectivity index (χ0) is 20.4. The topological polar surface area (TPSA) is 82.6 Å². The van der Waals surface area contributed by atoms with E-state index in [1.54, 1.807) is 22.2 Å². The van der Waals surface area contributed by atoms with Crippen molar-refractivity contribution in [3.8, 4) is 0 Å². The molecule has 2 aromatic rings. The Morgan fingerprint density at radius 3 is 2.90 bits per heavy atom. The average Bonchev–Trinajstić information content (AvgIpc) is 3.35. The number of amides is 3. The lowest BCUT2D eigenvalue weighted by Gasteiger charge is -2.20. The summed E-state index contributed by atoms with van der Waals surface area (Å²) in [6.45, 7) is 3.31. The first-order valence-electron chi connectivity index (χ1n) is 9.97. The van der Waals surface area contributed by atoms with Crippen molar-refractivity contribution in [1.82, 2.24) is 10.3 Å². The predicted octanol–water partition coefficient (Wildman–Crippen LogP) is 2.05. The molecule has 0 bridgehead atoms. The molecule has 1 N–H and O–H groups in total. The quantitative estimate of drug-likeness (QED) is 0.844. The molecule has 7 nitrogen and oxygen atoms in total. The van der Waals surface area contributed by atoms with Crippen LogP contribution in [0.5, 0.6) is 0 Å². The summed E-state index contributed by atoms with van der Waals surface area (Å²) in [5.74, 6) is -0.429. The lowest BCUT2D eigenvalue weighted by molar-refractivity contribution is -0.126. The number of fused-ring (bicyclic) bond motifs is 1. The number of rotatable bonds is 5. The predicted molar refractivity (Wildman–Crippen MR) is 109 cm³/mol. The smallest absolute Gasteiger partial charge is 0.227 e. The third-order valence-electron chi connectivity index (χ3n) is 5.56. The Kier molecular flexibility index (Phi) is 5.29. The molecule has 1 aromatic carbocycles. The van der Waals surface area contributed by atoms with E-state index in [1.165, 1.54) is 0 Å². The number of hydrogen-bond acceptors (Lipinski definition) is 4. The Balaban J connectivity index is 1.42. The fourth-order valence-corrected chi connectivity index (χ4v) is 3.97. The molecule has 0 spiro atoms. The minimum atomic E-state index is -0.370. The number of aromatic nitrogens is 1. The van der Waals surface area contributed by atoms with Crippen LogP contribution in [0.25, 0.3) is 0 Å². The van der Waals surface area contributed by atoms with Crippen molar-refractivity contribution in [3.63, 3.8) is 0 Å². The summed E-state index contributed by atoms with van der Waals surface area (Å²) in [6.07, 6.45) is 4.86. The van der Waals surface area contributed by atoms with Gasteiger partial charge in [-0.2, -0.15) is 0 Å². The fraction of sp³-hybridized carbons (Fsp3) is 0.364. The summed E-state index contributed by atoms with van der Waals surface area (Å²) in [7, 11) is 0. The highest BCUT2D eigenvalue weighted by Crippen LogP contribution is 2.34. The van der Waals surface area contributed by atoms with Crippen molar-refractivity contribution in [3.05, 3.63) is 53.9 Å². The lowest BCUT2D eigenvalue weighted by Crippen LogP contribution is -2.32. The van der Waals surface area contributed by atoms with E-state index in [2.05, 4.69) is 10.3 Å². The first-order chi connectivity index (χ1) is 14.1. The van der Waals surface area contributed by atoms with Gasteiger partial charge < -0.3 is 15.1 Å². The third-order valence-corrected chi connectivity index (χ3v) is 5.56. The normalized spacial score (nSPS) is 18.1. The zero-order valence-corrected chi connectivity index (χ0v) is 16.4. The first-order valence-corrected chi connectivity index (χ1v) is 9.97. The fourth-order valence-electron chi connectivity index (χ4n) is 3.97. The molecular weight excluding hydrogens is 368 g/mol. The maximum atomic E-state index is 12.6. The molecule has 0 saturated carbocycles. The highest BCUT2D eigenvalue weighted by atomic mass is 16.2. The second kappa shape index (κ2) is 8.03. The number of benzene rings is 1. The van der Waals surface area contributed by atoms with Crippen LogP contribution < -0.4 is 15.1 Å². The van der Waals surface area contributed by atoms with Gasteiger partial charge in [0.15, 0.2) is 0 Å². The van der Waals surface area contributed by atoms with Gasteiger partial charge in [-0.3, -0.25) is 19.4 Å². The SMILES string of the molecule is CCC(=O)N1CCc2cc(N3CC(C(=O)NCc4cccnc4)CC3=O)ccc21. The third kappa shape index (κ3) is 3.85. The van der Waals surface area contributed by atoms with Gasteiger partial charge in [0.1, 0.15) is 0 Å². The summed E-state index contributed by atoms with van der Waals surface area (Å²) in [5, 5.41) is 2.90. The van der Waals surface area contributed by atoms with Crippen LogP contribution in [0.4, 0.5) is 11.4 Å². The summed E-state index contributed by atoms with van der Waals surface area (Å²) >= 11 is 0. The average molecular weight is 392 g/mol. The molecule has 1 unspecified atom stereocenters. The largest absolute Gasteiger partial charge is 0.352 e. The van der Waals surface area contributed by atoms with Gasteiger partial charge in [-0.25, -0.2) is 0 Å². The van der Waals surface area contributed by atoms with E-state index in [9.17, 15) is 14.4 Å². The number of pyridine rings is 1. The highest BCUT2D eigenvalue weighted by molar-refractivity contribution is 6.01. The minimum Gasteiger partial charge on any atom is -0.352 e. The molecule has 0 aliphatic carbocycles. The van der Waals surface area contributed by atoms with Crippen molar-refractivity contribution >= 4 is 29.1 Å². The number of nitrogens with one attached hydrogen (secondary N) is 1. The molecule has 150 valence electrons. The summed E-state index contributed by atoms with van der Waals surface area (Å²) in [6, 6.07) is 9.48. The summed E-state index contributed by atoms with van der Waals surface area (Å²) in [4.78, 5) is 44.7. The molecular formula is C22H24N4O3. The van der Waals surface area contributed by atoms with E-state index in [-0.39, 0.29) is 30.1 Å². The number of anilines is 2. The van der Waals surface area contributed by atoms with Gasteiger partial charge >= 0.3 is 0 Å². The lowest BCUT2D eigenvalue weighted by atomic mass is 10.1. The van der Waals surface area contributed by atoms with Crippen LogP contribution in [-0.2, 0) is 27.3 Å². The number of hydrogen-bond donors (Lipinski definition) is 1. The Bertz CT molecular complexity index is 944. The molecule has 0 radical (unpaired) electrons. The van der Waals surface area contributed by atoms with Crippen molar-refractivity contribution in [2.75, 3.05) is 22.9 Å². The van der Waals surface area contributed by atoms with E-state index in [0.29, 0.717) is 26.1 Å². The van der Waals surface area contributed by atoms with Crippen LogP contribution in [0.15, 0.2) is 42.7 Å². The van der Waals surface area contributed by atoms with Crippen molar-refractivity contribution in [2.24, 2.45) is 5.92 Å².